The zero-order valence-electron chi connectivity index (χ0n) is 11.3. The molecule has 19 heavy (non-hydrogen) atoms. The van der Waals surface area contributed by atoms with Crippen molar-refractivity contribution in [1.29, 1.82) is 0 Å². The highest BCUT2D eigenvalue weighted by atomic mass is 15.1. The smallest absolute Gasteiger partial charge is 0.123 e. The number of hydrogen-bond donors (Lipinski definition) is 1. The molecule has 0 bridgehead atoms. The summed E-state index contributed by atoms with van der Waals surface area (Å²) in [5, 5.41) is 0. The summed E-state index contributed by atoms with van der Waals surface area (Å²) in [5.74, 6) is 1.27. The van der Waals surface area contributed by atoms with E-state index in [9.17, 15) is 0 Å². The second-order valence-electron chi connectivity index (χ2n) is 5.49. The van der Waals surface area contributed by atoms with Gasteiger partial charge in [-0.2, -0.15) is 0 Å². The molecule has 1 fully saturated rings. The highest BCUT2D eigenvalue weighted by Gasteiger charge is 2.24. The van der Waals surface area contributed by atoms with E-state index < -0.39 is 0 Å². The van der Waals surface area contributed by atoms with E-state index in [4.69, 9.17) is 5.73 Å². The number of rotatable bonds is 2. The van der Waals surface area contributed by atoms with Gasteiger partial charge in [-0.1, -0.05) is 19.8 Å². The minimum Gasteiger partial charge on any atom is -0.384 e. The summed E-state index contributed by atoms with van der Waals surface area (Å²) in [7, 11) is 0. The third-order valence-electron chi connectivity index (χ3n) is 4.17. The Morgan fingerprint density at radius 2 is 2.05 bits per heavy atom. The Bertz CT molecular complexity index is 544. The fraction of sp³-hybridized carbons (Fsp3) is 0.467. The standard InChI is InChI=1S/C15H20N4/c1-11-4-2-3-5-13(11)19-10-17-9-14(19)12-6-7-15(16)18-8-12/h6-11,13H,2-5H2,1H3,(H2,16,18). The van der Waals surface area contributed by atoms with Gasteiger partial charge in [-0.3, -0.25) is 0 Å². The number of nitrogens with two attached hydrogens (primary N) is 1. The van der Waals surface area contributed by atoms with Crippen molar-refractivity contribution in [1.82, 2.24) is 14.5 Å². The molecule has 0 spiro atoms. The van der Waals surface area contributed by atoms with Gasteiger partial charge >= 0.3 is 0 Å². The Morgan fingerprint density at radius 3 is 2.79 bits per heavy atom. The summed E-state index contributed by atoms with van der Waals surface area (Å²) in [6, 6.07) is 4.42. The minimum atomic E-state index is 0.556. The Labute approximate surface area is 113 Å². The lowest BCUT2D eigenvalue weighted by molar-refractivity contribution is 0.259. The second kappa shape index (κ2) is 5.03. The maximum atomic E-state index is 5.65. The van der Waals surface area contributed by atoms with Crippen LogP contribution in [0.25, 0.3) is 11.3 Å². The third-order valence-corrected chi connectivity index (χ3v) is 4.17. The minimum absolute atomic E-state index is 0.556. The predicted molar refractivity (Wildman–Crippen MR) is 76.5 cm³/mol. The molecule has 2 aromatic rings. The van der Waals surface area contributed by atoms with Crippen LogP contribution in [-0.4, -0.2) is 14.5 Å². The lowest BCUT2D eigenvalue weighted by Gasteiger charge is -2.31. The van der Waals surface area contributed by atoms with Gasteiger partial charge in [0.05, 0.1) is 18.2 Å². The van der Waals surface area contributed by atoms with Crippen LogP contribution in [0.15, 0.2) is 30.9 Å². The van der Waals surface area contributed by atoms with Gasteiger partial charge in [-0.25, -0.2) is 9.97 Å². The van der Waals surface area contributed by atoms with E-state index in [0.717, 1.165) is 11.3 Å². The highest BCUT2D eigenvalue weighted by Crippen LogP contribution is 2.36. The maximum absolute atomic E-state index is 5.65. The van der Waals surface area contributed by atoms with Crippen LogP contribution >= 0.6 is 0 Å². The number of hydrogen-bond acceptors (Lipinski definition) is 3. The van der Waals surface area contributed by atoms with Gasteiger partial charge in [0.1, 0.15) is 5.82 Å². The van der Waals surface area contributed by atoms with Gasteiger partial charge in [0.15, 0.2) is 0 Å². The van der Waals surface area contributed by atoms with Crippen molar-refractivity contribution >= 4 is 5.82 Å². The van der Waals surface area contributed by atoms with Crippen LogP contribution in [0.1, 0.15) is 38.6 Å². The van der Waals surface area contributed by atoms with Gasteiger partial charge in [0, 0.05) is 17.8 Å². The Hall–Kier alpha value is -1.84. The first-order valence-corrected chi connectivity index (χ1v) is 6.99. The van der Waals surface area contributed by atoms with Gasteiger partial charge in [-0.15, -0.1) is 0 Å². The molecule has 0 aliphatic heterocycles. The van der Waals surface area contributed by atoms with Crippen molar-refractivity contribution in [3.8, 4) is 11.3 Å². The molecule has 2 atom stereocenters. The molecule has 0 saturated heterocycles. The summed E-state index contributed by atoms with van der Waals surface area (Å²) < 4.78 is 2.32. The summed E-state index contributed by atoms with van der Waals surface area (Å²) in [6.45, 7) is 2.34. The second-order valence-corrected chi connectivity index (χ2v) is 5.49. The summed E-state index contributed by atoms with van der Waals surface area (Å²) >= 11 is 0. The first-order chi connectivity index (χ1) is 9.25. The van der Waals surface area contributed by atoms with E-state index in [2.05, 4.69) is 21.5 Å². The summed E-state index contributed by atoms with van der Waals surface area (Å²) in [6.07, 6.45) is 10.9. The van der Waals surface area contributed by atoms with E-state index in [0.29, 0.717) is 17.8 Å². The van der Waals surface area contributed by atoms with E-state index in [1.54, 1.807) is 0 Å². The van der Waals surface area contributed by atoms with Gasteiger partial charge in [0.2, 0.25) is 0 Å². The average molecular weight is 256 g/mol. The molecular formula is C15H20N4. The molecule has 1 saturated carbocycles. The zero-order valence-corrected chi connectivity index (χ0v) is 11.3. The van der Waals surface area contributed by atoms with Crippen molar-refractivity contribution in [2.45, 2.75) is 38.6 Å². The SMILES string of the molecule is CC1CCCCC1n1cncc1-c1ccc(N)nc1. The molecule has 3 rings (SSSR count). The molecule has 4 heteroatoms. The molecule has 1 aliphatic rings. The Kier molecular flexibility index (Phi) is 3.23. The van der Waals surface area contributed by atoms with Crippen LogP contribution in [-0.2, 0) is 0 Å². The number of nitrogens with zero attached hydrogens (tertiary/aromatic N) is 3. The number of imidazole rings is 1. The van der Waals surface area contributed by atoms with Gasteiger partial charge in [-0.05, 0) is 30.9 Å². The highest BCUT2D eigenvalue weighted by molar-refractivity contribution is 5.59. The van der Waals surface area contributed by atoms with E-state index >= 15 is 0 Å². The molecule has 0 aromatic carbocycles. The van der Waals surface area contributed by atoms with Crippen molar-refractivity contribution in [2.75, 3.05) is 5.73 Å². The third kappa shape index (κ3) is 2.35. The molecule has 0 radical (unpaired) electrons. The van der Waals surface area contributed by atoms with Crippen molar-refractivity contribution < 1.29 is 0 Å². The Balaban J connectivity index is 1.95. The van der Waals surface area contributed by atoms with Crippen molar-refractivity contribution in [2.24, 2.45) is 5.92 Å². The fourth-order valence-electron chi connectivity index (χ4n) is 3.06. The lowest BCUT2D eigenvalue weighted by atomic mass is 9.85. The molecule has 100 valence electrons. The fourth-order valence-corrected chi connectivity index (χ4v) is 3.06. The first kappa shape index (κ1) is 12.2. The van der Waals surface area contributed by atoms with Crippen LogP contribution in [0.5, 0.6) is 0 Å². The molecule has 4 nitrogen and oxygen atoms in total. The van der Waals surface area contributed by atoms with Crippen LogP contribution in [0.3, 0.4) is 0 Å². The topological polar surface area (TPSA) is 56.7 Å². The monoisotopic (exact) mass is 256 g/mol. The van der Waals surface area contributed by atoms with Gasteiger partial charge in [0.25, 0.3) is 0 Å². The van der Waals surface area contributed by atoms with Crippen LogP contribution < -0.4 is 5.73 Å². The maximum Gasteiger partial charge on any atom is 0.123 e. The van der Waals surface area contributed by atoms with E-state index in [-0.39, 0.29) is 0 Å². The largest absolute Gasteiger partial charge is 0.384 e. The average Bonchev–Trinajstić information content (AvgIpc) is 2.89. The number of aromatic nitrogens is 3. The predicted octanol–water partition coefficient (Wildman–Crippen LogP) is 3.28. The van der Waals surface area contributed by atoms with Crippen LogP contribution in [0, 0.1) is 5.92 Å². The molecule has 0 amide bonds. The van der Waals surface area contributed by atoms with Gasteiger partial charge < -0.3 is 10.3 Å². The lowest BCUT2D eigenvalue weighted by Crippen LogP contribution is -2.21. The van der Waals surface area contributed by atoms with Crippen molar-refractivity contribution in [3.63, 3.8) is 0 Å². The quantitative estimate of drug-likeness (QED) is 0.897. The summed E-state index contributed by atoms with van der Waals surface area (Å²) in [5.41, 5.74) is 7.88. The number of nitrogen functional groups attached to an aromatic ring is 1. The van der Waals surface area contributed by atoms with Crippen LogP contribution in [0.2, 0.25) is 0 Å². The Morgan fingerprint density at radius 1 is 1.21 bits per heavy atom. The molecule has 2 N–H and O–H groups in total. The number of pyridine rings is 1. The van der Waals surface area contributed by atoms with E-state index in [1.807, 2.05) is 30.9 Å². The van der Waals surface area contributed by atoms with E-state index in [1.165, 1.54) is 25.7 Å². The van der Waals surface area contributed by atoms with Crippen LogP contribution in [0.4, 0.5) is 5.82 Å². The van der Waals surface area contributed by atoms with Crippen molar-refractivity contribution in [3.05, 3.63) is 30.9 Å². The normalized spacial score (nSPS) is 23.4. The molecule has 1 aliphatic carbocycles. The first-order valence-electron chi connectivity index (χ1n) is 6.99. The number of anilines is 1. The molecule has 2 heterocycles. The molecule has 2 unspecified atom stereocenters. The summed E-state index contributed by atoms with van der Waals surface area (Å²) in [4.78, 5) is 8.51. The zero-order chi connectivity index (χ0) is 13.2. The molecule has 2 aromatic heterocycles. The molecular weight excluding hydrogens is 236 g/mol.